The van der Waals surface area contributed by atoms with Crippen molar-refractivity contribution < 1.29 is 13.5 Å². The van der Waals surface area contributed by atoms with Gasteiger partial charge < -0.3 is 20.3 Å². The van der Waals surface area contributed by atoms with Gasteiger partial charge in [-0.25, -0.2) is 13.8 Å². The van der Waals surface area contributed by atoms with Crippen LogP contribution in [0.1, 0.15) is 12.2 Å². The Morgan fingerprint density at radius 2 is 1.79 bits per heavy atom. The Balaban J connectivity index is 1.83. The fourth-order valence-corrected chi connectivity index (χ4v) is 3.14. The molecule has 3 aromatic rings. The number of hydrogen-bond donors (Lipinski definition) is 2. The number of likely N-dealkylation sites (N-methyl/N-ethyl adjacent to an activating group) is 1. The van der Waals surface area contributed by atoms with Crippen LogP contribution in [0.2, 0.25) is 0 Å². The molecule has 9 nitrogen and oxygen atoms in total. The molecule has 0 atom stereocenters. The number of nitrogens with one attached hydrogen (secondary N) is 2. The van der Waals surface area contributed by atoms with Crippen molar-refractivity contribution in [3.8, 4) is 5.95 Å². The first-order valence-electron chi connectivity index (χ1n) is 9.40. The maximum atomic E-state index is 13.8. The van der Waals surface area contributed by atoms with Crippen LogP contribution in [0, 0.1) is 0 Å². The van der Waals surface area contributed by atoms with E-state index >= 15 is 0 Å². The van der Waals surface area contributed by atoms with Crippen molar-refractivity contribution in [2.24, 2.45) is 0 Å². The number of aromatic nitrogens is 5. The van der Waals surface area contributed by atoms with Crippen LogP contribution < -0.4 is 15.5 Å². The summed E-state index contributed by atoms with van der Waals surface area (Å²) in [6, 6.07) is 6.94. The van der Waals surface area contributed by atoms with E-state index in [0.29, 0.717) is 62.3 Å². The van der Waals surface area contributed by atoms with E-state index < -0.39 is 12.2 Å². The Bertz CT molecular complexity index is 974. The number of anilines is 2. The van der Waals surface area contributed by atoms with Gasteiger partial charge in [0.25, 0.3) is 6.43 Å². The maximum Gasteiger partial charge on any atom is 0.296 e. The van der Waals surface area contributed by atoms with Gasteiger partial charge in [0, 0.05) is 26.2 Å². The zero-order valence-corrected chi connectivity index (χ0v) is 16.0. The second-order valence-corrected chi connectivity index (χ2v) is 6.48. The number of rotatable bonds is 7. The van der Waals surface area contributed by atoms with Crippen molar-refractivity contribution in [1.29, 1.82) is 0 Å². The predicted molar refractivity (Wildman–Crippen MR) is 105 cm³/mol. The van der Waals surface area contributed by atoms with E-state index in [9.17, 15) is 8.78 Å². The van der Waals surface area contributed by atoms with Gasteiger partial charge in [0.05, 0.1) is 24.2 Å². The van der Waals surface area contributed by atoms with Crippen molar-refractivity contribution in [3.05, 3.63) is 30.1 Å². The largest absolute Gasteiger partial charge is 0.378 e. The lowest BCUT2D eigenvalue weighted by molar-refractivity contribution is 0.122. The molecule has 2 N–H and O–H groups in total. The van der Waals surface area contributed by atoms with Crippen molar-refractivity contribution in [3.63, 3.8) is 0 Å². The molecule has 3 heterocycles. The summed E-state index contributed by atoms with van der Waals surface area (Å²) in [6.45, 7) is 3.62. The monoisotopic (exact) mass is 404 g/mol. The molecule has 29 heavy (non-hydrogen) atoms. The molecule has 154 valence electrons. The molecule has 1 aliphatic heterocycles. The molecule has 0 aliphatic carbocycles. The Morgan fingerprint density at radius 3 is 2.55 bits per heavy atom. The molecule has 0 unspecified atom stereocenters. The summed E-state index contributed by atoms with van der Waals surface area (Å²) in [7, 11) is 1.84. The molecule has 1 aromatic carbocycles. The quantitative estimate of drug-likeness (QED) is 0.574. The lowest BCUT2D eigenvalue weighted by Crippen LogP contribution is -2.37. The van der Waals surface area contributed by atoms with Crippen LogP contribution in [-0.4, -0.2) is 70.9 Å². The van der Waals surface area contributed by atoms with Crippen molar-refractivity contribution >= 4 is 22.9 Å². The van der Waals surface area contributed by atoms with Crippen LogP contribution in [0.4, 0.5) is 20.7 Å². The van der Waals surface area contributed by atoms with Crippen LogP contribution in [0.25, 0.3) is 17.0 Å². The van der Waals surface area contributed by atoms with Crippen molar-refractivity contribution in [2.45, 2.75) is 6.43 Å². The Morgan fingerprint density at radius 1 is 1.03 bits per heavy atom. The van der Waals surface area contributed by atoms with Crippen LogP contribution in [0.15, 0.2) is 24.3 Å². The number of alkyl halides is 2. The number of para-hydroxylation sites is 2. The molecule has 0 amide bonds. The highest BCUT2D eigenvalue weighted by molar-refractivity contribution is 5.77. The minimum absolute atomic E-state index is 0.109. The van der Waals surface area contributed by atoms with Gasteiger partial charge in [0.15, 0.2) is 5.82 Å². The minimum Gasteiger partial charge on any atom is -0.378 e. The highest BCUT2D eigenvalue weighted by Gasteiger charge is 2.24. The third kappa shape index (κ3) is 4.10. The summed E-state index contributed by atoms with van der Waals surface area (Å²) < 4.78 is 34.2. The van der Waals surface area contributed by atoms with Crippen LogP contribution in [0.3, 0.4) is 0 Å². The molecule has 1 fully saturated rings. The van der Waals surface area contributed by atoms with Crippen LogP contribution in [0.5, 0.6) is 0 Å². The molecular formula is C18H22F2N8O. The molecule has 1 saturated heterocycles. The average molecular weight is 404 g/mol. The molecule has 11 heteroatoms. The standard InChI is InChI=1S/C18H22F2N8O/c1-21-6-7-22-16-24-17(27-8-10-29-11-9-27)26-18(25-16)28-13-5-3-2-4-12(13)23-15(28)14(19)20/h2-5,14,21H,6-11H2,1H3,(H,22,24,25,26). The van der Waals surface area contributed by atoms with Crippen molar-refractivity contribution in [2.75, 3.05) is 56.7 Å². The van der Waals surface area contributed by atoms with Crippen molar-refractivity contribution in [1.82, 2.24) is 29.8 Å². The van der Waals surface area contributed by atoms with Gasteiger partial charge in [-0.3, -0.25) is 4.57 Å². The first-order chi connectivity index (χ1) is 14.2. The highest BCUT2D eigenvalue weighted by atomic mass is 19.3. The van der Waals surface area contributed by atoms with E-state index in [4.69, 9.17) is 4.74 Å². The number of imidazole rings is 1. The fourth-order valence-electron chi connectivity index (χ4n) is 3.14. The Labute approximate surface area is 166 Å². The number of ether oxygens (including phenoxy) is 1. The number of fused-ring (bicyclic) bond motifs is 1. The number of morpholine rings is 1. The van der Waals surface area contributed by atoms with Gasteiger partial charge in [0.2, 0.25) is 17.8 Å². The summed E-state index contributed by atoms with van der Waals surface area (Å²) in [5.41, 5.74) is 0.976. The maximum absolute atomic E-state index is 13.8. The van der Waals surface area contributed by atoms with Crippen LogP contribution in [-0.2, 0) is 4.74 Å². The number of halogens is 2. The second kappa shape index (κ2) is 8.62. The summed E-state index contributed by atoms with van der Waals surface area (Å²) >= 11 is 0. The zero-order chi connectivity index (χ0) is 20.2. The van der Waals surface area contributed by atoms with E-state index in [-0.39, 0.29) is 5.95 Å². The first-order valence-corrected chi connectivity index (χ1v) is 9.40. The number of benzene rings is 1. The Kier molecular flexibility index (Phi) is 5.76. The first kappa shape index (κ1) is 19.4. The van der Waals surface area contributed by atoms with Gasteiger partial charge in [0.1, 0.15) is 0 Å². The van der Waals surface area contributed by atoms with E-state index in [1.54, 1.807) is 24.3 Å². The van der Waals surface area contributed by atoms with Gasteiger partial charge in [-0.2, -0.15) is 15.0 Å². The lowest BCUT2D eigenvalue weighted by Gasteiger charge is -2.27. The molecule has 4 rings (SSSR count). The van der Waals surface area contributed by atoms with E-state index in [2.05, 4.69) is 30.6 Å². The van der Waals surface area contributed by atoms with E-state index in [1.165, 1.54) is 4.57 Å². The Hall–Kier alpha value is -2.92. The third-order valence-corrected chi connectivity index (χ3v) is 4.55. The number of nitrogens with zero attached hydrogens (tertiary/aromatic N) is 6. The minimum atomic E-state index is -2.77. The smallest absolute Gasteiger partial charge is 0.296 e. The predicted octanol–water partition coefficient (Wildman–Crippen LogP) is 1.62. The van der Waals surface area contributed by atoms with Gasteiger partial charge in [-0.15, -0.1) is 0 Å². The highest BCUT2D eigenvalue weighted by Crippen LogP contribution is 2.27. The fraction of sp³-hybridized carbons (Fsp3) is 0.444. The number of hydrogen-bond acceptors (Lipinski definition) is 8. The average Bonchev–Trinajstić information content (AvgIpc) is 3.14. The van der Waals surface area contributed by atoms with Gasteiger partial charge in [-0.05, 0) is 19.2 Å². The van der Waals surface area contributed by atoms with E-state index in [0.717, 1.165) is 0 Å². The van der Waals surface area contributed by atoms with Crippen LogP contribution >= 0.6 is 0 Å². The molecule has 0 radical (unpaired) electrons. The molecular weight excluding hydrogens is 382 g/mol. The molecule has 2 aromatic heterocycles. The molecule has 0 spiro atoms. The summed E-state index contributed by atoms with van der Waals surface area (Å²) in [4.78, 5) is 19.4. The second-order valence-electron chi connectivity index (χ2n) is 6.48. The topological polar surface area (TPSA) is 93.0 Å². The van der Waals surface area contributed by atoms with E-state index in [1.807, 2.05) is 11.9 Å². The summed E-state index contributed by atoms with van der Waals surface area (Å²) in [6.07, 6.45) is -2.77. The SMILES string of the molecule is CNCCNc1nc(N2CCOCC2)nc(-n2c(C(F)F)nc3ccccc32)n1. The summed E-state index contributed by atoms with van der Waals surface area (Å²) in [5, 5.41) is 6.15. The third-order valence-electron chi connectivity index (χ3n) is 4.55. The molecule has 1 aliphatic rings. The normalized spacial score (nSPS) is 14.7. The zero-order valence-electron chi connectivity index (χ0n) is 16.0. The molecule has 0 bridgehead atoms. The molecule has 0 saturated carbocycles. The lowest BCUT2D eigenvalue weighted by atomic mass is 10.3. The summed E-state index contributed by atoms with van der Waals surface area (Å²) in [5.74, 6) is 0.456. The van der Waals surface area contributed by atoms with Gasteiger partial charge >= 0.3 is 0 Å². The van der Waals surface area contributed by atoms with Gasteiger partial charge in [-0.1, -0.05) is 12.1 Å².